The van der Waals surface area contributed by atoms with Gasteiger partial charge in [-0.05, 0) is 43.3 Å². The third-order valence-electron chi connectivity index (χ3n) is 3.25. The Morgan fingerprint density at radius 2 is 1.81 bits per heavy atom. The van der Waals surface area contributed by atoms with Crippen molar-refractivity contribution in [1.29, 1.82) is 0 Å². The minimum absolute atomic E-state index is 0.0316. The molecule has 0 bridgehead atoms. The first-order chi connectivity index (χ1) is 9.95. The fourth-order valence-electron chi connectivity index (χ4n) is 2.00. The molecule has 0 fully saturated rings. The number of aryl methyl sites for hydroxylation is 1. The van der Waals surface area contributed by atoms with Crippen molar-refractivity contribution in [3.8, 4) is 0 Å². The average molecular weight is 290 g/mol. The summed E-state index contributed by atoms with van der Waals surface area (Å²) >= 11 is 0. The molecule has 0 unspecified atom stereocenters. The number of nitrogens with zero attached hydrogens (tertiary/aromatic N) is 2. The van der Waals surface area contributed by atoms with Crippen LogP contribution >= 0.6 is 0 Å². The van der Waals surface area contributed by atoms with Gasteiger partial charge in [-0.2, -0.15) is 0 Å². The van der Waals surface area contributed by atoms with Gasteiger partial charge in [0.1, 0.15) is 17.3 Å². The molecular formula is C16H19FN2O2. The molecule has 0 N–H and O–H groups in total. The van der Waals surface area contributed by atoms with Gasteiger partial charge in [0.2, 0.25) is 5.91 Å². The summed E-state index contributed by atoms with van der Waals surface area (Å²) in [6.45, 7) is 2.53. The zero-order valence-electron chi connectivity index (χ0n) is 12.5. The van der Waals surface area contributed by atoms with Crippen molar-refractivity contribution >= 4 is 11.6 Å². The van der Waals surface area contributed by atoms with Gasteiger partial charge in [-0.25, -0.2) is 4.39 Å². The maximum atomic E-state index is 12.9. The quantitative estimate of drug-likeness (QED) is 0.849. The van der Waals surface area contributed by atoms with Crippen LogP contribution in [0.25, 0.3) is 0 Å². The molecule has 0 spiro atoms. The van der Waals surface area contributed by atoms with Crippen LogP contribution in [0.15, 0.2) is 40.8 Å². The van der Waals surface area contributed by atoms with Crippen molar-refractivity contribution in [2.45, 2.75) is 13.5 Å². The maximum Gasteiger partial charge on any atom is 0.242 e. The van der Waals surface area contributed by atoms with E-state index in [0.717, 1.165) is 17.2 Å². The summed E-state index contributed by atoms with van der Waals surface area (Å²) in [7, 11) is 3.54. The Kier molecular flexibility index (Phi) is 4.62. The number of hydrogen-bond donors (Lipinski definition) is 0. The lowest BCUT2D eigenvalue weighted by Crippen LogP contribution is -2.36. The van der Waals surface area contributed by atoms with Crippen LogP contribution in [0.4, 0.5) is 10.1 Å². The molecule has 0 saturated heterocycles. The molecule has 4 nitrogen and oxygen atoms in total. The van der Waals surface area contributed by atoms with Crippen molar-refractivity contribution in [1.82, 2.24) is 4.90 Å². The molecule has 0 saturated carbocycles. The second-order valence-electron chi connectivity index (χ2n) is 5.09. The molecule has 1 aromatic carbocycles. The van der Waals surface area contributed by atoms with E-state index in [0.29, 0.717) is 6.54 Å². The van der Waals surface area contributed by atoms with E-state index in [-0.39, 0.29) is 18.3 Å². The van der Waals surface area contributed by atoms with Crippen molar-refractivity contribution in [2.24, 2.45) is 0 Å². The Morgan fingerprint density at radius 3 is 2.38 bits per heavy atom. The number of halogens is 1. The van der Waals surface area contributed by atoms with Gasteiger partial charge in [0, 0.05) is 19.8 Å². The second-order valence-corrected chi connectivity index (χ2v) is 5.09. The minimum Gasteiger partial charge on any atom is -0.464 e. The number of carbonyl (C=O) groups is 1. The number of carbonyl (C=O) groups excluding carboxylic acids is 1. The minimum atomic E-state index is -0.288. The molecular weight excluding hydrogens is 271 g/mol. The molecule has 0 atom stereocenters. The lowest BCUT2D eigenvalue weighted by molar-refractivity contribution is -0.129. The fraction of sp³-hybridized carbons (Fsp3) is 0.312. The molecule has 1 heterocycles. The Labute approximate surface area is 123 Å². The molecule has 0 aliphatic rings. The predicted octanol–water partition coefficient (Wildman–Crippen LogP) is 2.82. The summed E-state index contributed by atoms with van der Waals surface area (Å²) in [6.07, 6.45) is 0. The number of amides is 1. The number of benzene rings is 1. The average Bonchev–Trinajstić information content (AvgIpc) is 2.84. The number of rotatable bonds is 5. The Morgan fingerprint density at radius 1 is 1.14 bits per heavy atom. The van der Waals surface area contributed by atoms with E-state index in [2.05, 4.69) is 0 Å². The van der Waals surface area contributed by atoms with Gasteiger partial charge in [-0.15, -0.1) is 0 Å². The zero-order valence-corrected chi connectivity index (χ0v) is 12.5. The summed E-state index contributed by atoms with van der Waals surface area (Å²) in [5.41, 5.74) is 0.798. The number of likely N-dealkylation sites (N-methyl/N-ethyl adjacent to an activating group) is 2. The molecule has 2 aromatic rings. The van der Waals surface area contributed by atoms with E-state index in [1.54, 1.807) is 36.0 Å². The molecule has 112 valence electrons. The maximum absolute atomic E-state index is 12.9. The lowest BCUT2D eigenvalue weighted by Gasteiger charge is -2.22. The third kappa shape index (κ3) is 4.08. The van der Waals surface area contributed by atoms with Crippen LogP contribution in [-0.2, 0) is 11.3 Å². The van der Waals surface area contributed by atoms with Crippen molar-refractivity contribution in [3.63, 3.8) is 0 Å². The highest BCUT2D eigenvalue weighted by molar-refractivity contribution is 5.81. The first kappa shape index (κ1) is 15.1. The molecule has 5 heteroatoms. The molecule has 21 heavy (non-hydrogen) atoms. The van der Waals surface area contributed by atoms with E-state index in [9.17, 15) is 9.18 Å². The van der Waals surface area contributed by atoms with E-state index in [1.807, 2.05) is 19.1 Å². The summed E-state index contributed by atoms with van der Waals surface area (Å²) < 4.78 is 18.3. The Hall–Kier alpha value is -2.30. The second kappa shape index (κ2) is 6.43. The zero-order chi connectivity index (χ0) is 15.4. The highest BCUT2D eigenvalue weighted by Gasteiger charge is 2.14. The molecule has 0 radical (unpaired) electrons. The topological polar surface area (TPSA) is 36.7 Å². The van der Waals surface area contributed by atoms with Crippen LogP contribution in [0.2, 0.25) is 0 Å². The Balaban J connectivity index is 1.92. The van der Waals surface area contributed by atoms with Crippen LogP contribution in [0, 0.1) is 12.7 Å². The van der Waals surface area contributed by atoms with Crippen LogP contribution in [0.5, 0.6) is 0 Å². The highest BCUT2D eigenvalue weighted by atomic mass is 19.1. The number of hydrogen-bond acceptors (Lipinski definition) is 3. The van der Waals surface area contributed by atoms with Crippen molar-refractivity contribution in [3.05, 3.63) is 53.7 Å². The predicted molar refractivity (Wildman–Crippen MR) is 79.6 cm³/mol. The fourth-order valence-corrected chi connectivity index (χ4v) is 2.00. The molecule has 2 rings (SSSR count). The molecule has 0 aliphatic heterocycles. The van der Waals surface area contributed by atoms with Gasteiger partial charge in [0.05, 0.1) is 13.1 Å². The smallest absolute Gasteiger partial charge is 0.242 e. The van der Waals surface area contributed by atoms with Gasteiger partial charge >= 0.3 is 0 Å². The number of furan rings is 1. The van der Waals surface area contributed by atoms with Gasteiger partial charge in [0.15, 0.2) is 0 Å². The summed E-state index contributed by atoms with van der Waals surface area (Å²) in [6, 6.07) is 9.80. The van der Waals surface area contributed by atoms with Crippen LogP contribution in [0.3, 0.4) is 0 Å². The van der Waals surface area contributed by atoms with E-state index < -0.39 is 0 Å². The molecule has 0 aliphatic carbocycles. The van der Waals surface area contributed by atoms with Gasteiger partial charge in [0.25, 0.3) is 0 Å². The van der Waals surface area contributed by atoms with E-state index >= 15 is 0 Å². The van der Waals surface area contributed by atoms with Gasteiger partial charge < -0.3 is 14.2 Å². The summed E-state index contributed by atoms with van der Waals surface area (Å²) in [5, 5.41) is 0. The van der Waals surface area contributed by atoms with Crippen LogP contribution < -0.4 is 4.90 Å². The van der Waals surface area contributed by atoms with Crippen LogP contribution in [-0.4, -0.2) is 31.4 Å². The normalized spacial score (nSPS) is 10.5. The van der Waals surface area contributed by atoms with Gasteiger partial charge in [-0.1, -0.05) is 0 Å². The SMILES string of the molecule is Cc1ccc(CN(C)C(=O)CN(C)c2ccc(F)cc2)o1. The highest BCUT2D eigenvalue weighted by Crippen LogP contribution is 2.14. The van der Waals surface area contributed by atoms with Crippen LogP contribution in [0.1, 0.15) is 11.5 Å². The lowest BCUT2D eigenvalue weighted by atomic mass is 10.3. The summed E-state index contributed by atoms with van der Waals surface area (Å²) in [4.78, 5) is 15.6. The molecule has 1 amide bonds. The first-order valence-corrected chi connectivity index (χ1v) is 6.71. The van der Waals surface area contributed by atoms with Crippen molar-refractivity contribution in [2.75, 3.05) is 25.5 Å². The van der Waals surface area contributed by atoms with E-state index in [4.69, 9.17) is 4.42 Å². The molecule has 1 aromatic heterocycles. The summed E-state index contributed by atoms with van der Waals surface area (Å²) in [5.74, 6) is 1.27. The van der Waals surface area contributed by atoms with Crippen molar-refractivity contribution < 1.29 is 13.6 Å². The Bertz CT molecular complexity index is 607. The third-order valence-corrected chi connectivity index (χ3v) is 3.25. The monoisotopic (exact) mass is 290 g/mol. The van der Waals surface area contributed by atoms with E-state index in [1.165, 1.54) is 12.1 Å². The largest absolute Gasteiger partial charge is 0.464 e. The number of anilines is 1. The first-order valence-electron chi connectivity index (χ1n) is 6.71. The van der Waals surface area contributed by atoms with Gasteiger partial charge in [-0.3, -0.25) is 4.79 Å². The standard InChI is InChI=1S/C16H19FN2O2/c1-12-4-9-15(21-12)10-19(3)16(20)11-18(2)14-7-5-13(17)6-8-14/h4-9H,10-11H2,1-3H3.